The molecule has 1 aromatic heterocycles. The maximum absolute atomic E-state index is 12.4. The average molecular weight is 348 g/mol. The summed E-state index contributed by atoms with van der Waals surface area (Å²) in [6.07, 6.45) is 0. The van der Waals surface area contributed by atoms with E-state index >= 15 is 0 Å². The Labute approximate surface area is 139 Å². The van der Waals surface area contributed by atoms with E-state index < -0.39 is 16.8 Å². The molecule has 1 aromatic rings. The SMILES string of the molecule is O=C1COCC2=C1C(c1ccc([N+](=O)[O-])s1)C1C(=O)COCC1=N2. The van der Waals surface area contributed by atoms with E-state index in [0.717, 1.165) is 11.3 Å². The second kappa shape index (κ2) is 5.69. The number of ketones is 2. The Balaban J connectivity index is 1.87. The fraction of sp³-hybridized carbons (Fsp3) is 0.400. The van der Waals surface area contributed by atoms with Gasteiger partial charge >= 0.3 is 5.00 Å². The predicted molar refractivity (Wildman–Crippen MR) is 83.3 cm³/mol. The molecule has 124 valence electrons. The highest BCUT2D eigenvalue weighted by Crippen LogP contribution is 2.45. The lowest BCUT2D eigenvalue weighted by atomic mass is 9.74. The Hall–Kier alpha value is -2.23. The topological polar surface area (TPSA) is 108 Å². The highest BCUT2D eigenvalue weighted by Gasteiger charge is 2.46. The van der Waals surface area contributed by atoms with Crippen molar-refractivity contribution in [2.24, 2.45) is 10.9 Å². The molecule has 2 atom stereocenters. The van der Waals surface area contributed by atoms with Crippen LogP contribution in [0.3, 0.4) is 0 Å². The van der Waals surface area contributed by atoms with Crippen molar-refractivity contribution in [1.82, 2.24) is 0 Å². The van der Waals surface area contributed by atoms with Gasteiger partial charge < -0.3 is 9.47 Å². The number of carbonyl (C=O) groups is 2. The van der Waals surface area contributed by atoms with Crippen LogP contribution in [0.1, 0.15) is 10.8 Å². The molecular formula is C15H12N2O6S. The summed E-state index contributed by atoms with van der Waals surface area (Å²) in [5.41, 5.74) is 1.50. The minimum Gasteiger partial charge on any atom is -0.368 e. The van der Waals surface area contributed by atoms with Crippen LogP contribution in [0.15, 0.2) is 28.4 Å². The summed E-state index contributed by atoms with van der Waals surface area (Å²) in [6, 6.07) is 3.02. The lowest BCUT2D eigenvalue weighted by Crippen LogP contribution is -2.45. The standard InChI is InChI=1S/C15H12N2O6S/c18-9-5-22-3-7-13(9)15(11-1-2-12(24-11)17(20)21)14-8(16-7)4-23-6-10(14)19/h1-2,13,15H,3-6H2. The number of hydrogen-bond donors (Lipinski definition) is 0. The number of hydrogen-bond acceptors (Lipinski definition) is 8. The maximum Gasteiger partial charge on any atom is 0.324 e. The van der Waals surface area contributed by atoms with Gasteiger partial charge in [-0.15, -0.1) is 0 Å². The zero-order valence-electron chi connectivity index (χ0n) is 12.4. The van der Waals surface area contributed by atoms with Gasteiger partial charge in [-0.2, -0.15) is 0 Å². The number of thiophene rings is 1. The van der Waals surface area contributed by atoms with Crippen molar-refractivity contribution in [3.63, 3.8) is 0 Å². The van der Waals surface area contributed by atoms with E-state index in [-0.39, 0.29) is 43.0 Å². The molecule has 0 aromatic carbocycles. The zero-order chi connectivity index (χ0) is 16.8. The molecule has 9 heteroatoms. The second-order valence-electron chi connectivity index (χ2n) is 5.73. The highest BCUT2D eigenvalue weighted by atomic mass is 32.1. The summed E-state index contributed by atoms with van der Waals surface area (Å²) in [4.78, 5) is 40.4. The van der Waals surface area contributed by atoms with Crippen LogP contribution in [0.25, 0.3) is 0 Å². The molecule has 0 N–H and O–H groups in total. The molecule has 0 spiro atoms. The van der Waals surface area contributed by atoms with Crippen molar-refractivity contribution >= 4 is 33.6 Å². The van der Waals surface area contributed by atoms with Crippen LogP contribution >= 0.6 is 11.3 Å². The Morgan fingerprint density at radius 1 is 1.12 bits per heavy atom. The van der Waals surface area contributed by atoms with Crippen LogP contribution < -0.4 is 0 Å². The number of rotatable bonds is 2. The van der Waals surface area contributed by atoms with Gasteiger partial charge in [0.25, 0.3) is 0 Å². The van der Waals surface area contributed by atoms with Crippen LogP contribution in [-0.4, -0.2) is 48.6 Å². The number of aliphatic imine (C=N–C) groups is 1. The Morgan fingerprint density at radius 2 is 1.92 bits per heavy atom. The zero-order valence-corrected chi connectivity index (χ0v) is 13.2. The lowest BCUT2D eigenvalue weighted by Gasteiger charge is -2.36. The fourth-order valence-corrected chi connectivity index (χ4v) is 4.33. The van der Waals surface area contributed by atoms with Gasteiger partial charge in [0.15, 0.2) is 11.6 Å². The predicted octanol–water partition coefficient (Wildman–Crippen LogP) is 1.26. The quantitative estimate of drug-likeness (QED) is 0.588. The molecule has 0 radical (unpaired) electrons. The van der Waals surface area contributed by atoms with E-state index in [9.17, 15) is 19.7 Å². The van der Waals surface area contributed by atoms with E-state index in [2.05, 4.69) is 4.99 Å². The minimum atomic E-state index is -0.599. The van der Waals surface area contributed by atoms with Gasteiger partial charge in [0, 0.05) is 22.4 Å². The van der Waals surface area contributed by atoms with E-state index in [4.69, 9.17) is 9.47 Å². The Morgan fingerprint density at radius 3 is 2.67 bits per heavy atom. The first-order valence-electron chi connectivity index (χ1n) is 7.32. The van der Waals surface area contributed by atoms with E-state index in [1.165, 1.54) is 6.07 Å². The number of ether oxygens (including phenoxy) is 2. The van der Waals surface area contributed by atoms with Crippen molar-refractivity contribution < 1.29 is 24.0 Å². The minimum absolute atomic E-state index is 0.0183. The molecular weight excluding hydrogens is 336 g/mol. The van der Waals surface area contributed by atoms with Crippen molar-refractivity contribution in [3.8, 4) is 0 Å². The normalized spacial score (nSPS) is 26.8. The number of nitro groups is 1. The van der Waals surface area contributed by atoms with Gasteiger partial charge in [0.05, 0.1) is 35.5 Å². The summed E-state index contributed by atoms with van der Waals surface area (Å²) in [5.74, 6) is -1.52. The molecule has 3 aliphatic heterocycles. The fourth-order valence-electron chi connectivity index (χ4n) is 3.36. The summed E-state index contributed by atoms with van der Waals surface area (Å²) in [5, 5.41) is 11.0. The maximum atomic E-state index is 12.4. The molecule has 0 amide bonds. The Bertz CT molecular complexity index is 824. The molecule has 8 nitrogen and oxygen atoms in total. The smallest absolute Gasteiger partial charge is 0.324 e. The van der Waals surface area contributed by atoms with E-state index in [1.54, 1.807) is 6.07 Å². The van der Waals surface area contributed by atoms with Gasteiger partial charge in [-0.05, 0) is 6.07 Å². The van der Waals surface area contributed by atoms with Gasteiger partial charge in [0.2, 0.25) is 0 Å². The molecule has 4 heterocycles. The summed E-state index contributed by atoms with van der Waals surface area (Å²) < 4.78 is 10.5. The summed E-state index contributed by atoms with van der Waals surface area (Å²) in [6.45, 7) is 0.298. The molecule has 1 fully saturated rings. The Kier molecular flexibility index (Phi) is 3.63. The van der Waals surface area contributed by atoms with E-state index in [0.29, 0.717) is 21.9 Å². The third-order valence-electron chi connectivity index (χ3n) is 4.31. The van der Waals surface area contributed by atoms with Crippen LogP contribution in [0.2, 0.25) is 0 Å². The third-order valence-corrected chi connectivity index (χ3v) is 5.43. The number of nitrogens with zero attached hydrogens (tertiary/aromatic N) is 2. The second-order valence-corrected chi connectivity index (χ2v) is 6.82. The number of Topliss-reactive ketones (excluding diaryl/α,β-unsaturated/α-hetero) is 2. The number of carbonyl (C=O) groups excluding carboxylic acids is 2. The monoisotopic (exact) mass is 348 g/mol. The molecule has 0 saturated carbocycles. The third kappa shape index (κ3) is 2.32. The van der Waals surface area contributed by atoms with Crippen molar-refractivity contribution in [1.29, 1.82) is 0 Å². The first-order valence-corrected chi connectivity index (χ1v) is 8.14. The molecule has 4 rings (SSSR count). The average Bonchev–Trinajstić information content (AvgIpc) is 3.03. The summed E-state index contributed by atoms with van der Waals surface area (Å²) in [7, 11) is 0. The molecule has 0 bridgehead atoms. The van der Waals surface area contributed by atoms with Gasteiger partial charge in [-0.25, -0.2) is 0 Å². The van der Waals surface area contributed by atoms with E-state index in [1.807, 2.05) is 0 Å². The molecule has 24 heavy (non-hydrogen) atoms. The summed E-state index contributed by atoms with van der Waals surface area (Å²) >= 11 is 0.989. The van der Waals surface area contributed by atoms with Crippen molar-refractivity contribution in [3.05, 3.63) is 38.4 Å². The molecule has 0 aliphatic carbocycles. The molecule has 1 saturated heterocycles. The lowest BCUT2D eigenvalue weighted by molar-refractivity contribution is -0.380. The first kappa shape index (κ1) is 15.3. The number of fused-ring (bicyclic) bond motifs is 1. The van der Waals surface area contributed by atoms with Crippen LogP contribution in [-0.2, 0) is 19.1 Å². The van der Waals surface area contributed by atoms with Crippen molar-refractivity contribution in [2.45, 2.75) is 5.92 Å². The molecule has 2 unspecified atom stereocenters. The van der Waals surface area contributed by atoms with Gasteiger partial charge in [-0.3, -0.25) is 24.7 Å². The van der Waals surface area contributed by atoms with Gasteiger partial charge in [-0.1, -0.05) is 11.3 Å². The largest absolute Gasteiger partial charge is 0.368 e. The van der Waals surface area contributed by atoms with Crippen LogP contribution in [0.5, 0.6) is 0 Å². The van der Waals surface area contributed by atoms with Crippen molar-refractivity contribution in [2.75, 3.05) is 26.4 Å². The van der Waals surface area contributed by atoms with Crippen LogP contribution in [0.4, 0.5) is 5.00 Å². The first-order chi connectivity index (χ1) is 11.6. The molecule has 3 aliphatic rings. The highest BCUT2D eigenvalue weighted by molar-refractivity contribution is 7.15. The van der Waals surface area contributed by atoms with Gasteiger partial charge in [0.1, 0.15) is 13.2 Å². The van der Waals surface area contributed by atoms with Crippen LogP contribution in [0, 0.1) is 16.0 Å².